The molecule has 2 nitrogen and oxygen atoms in total. The van der Waals surface area contributed by atoms with Crippen molar-refractivity contribution >= 4 is 5.82 Å². The van der Waals surface area contributed by atoms with Gasteiger partial charge in [-0.25, -0.2) is 13.8 Å². The molecule has 134 valence electrons. The molecule has 0 unspecified atom stereocenters. The number of pyridine rings is 1. The molecule has 3 aromatic rings. The molecule has 1 aromatic heterocycles. The summed E-state index contributed by atoms with van der Waals surface area (Å²) in [5.74, 6) is -1.74. The molecule has 1 N–H and O–H groups in total. The number of benzene rings is 2. The van der Waals surface area contributed by atoms with Crippen LogP contribution in [0.2, 0.25) is 0 Å². The summed E-state index contributed by atoms with van der Waals surface area (Å²) in [5.41, 5.74) is -0.0858. The van der Waals surface area contributed by atoms with Gasteiger partial charge in [0.1, 0.15) is 5.82 Å². The SMILES string of the molecule is Fc1ccc(CNc2ncccc2-c2ccccc2C(F)(F)F)cc1F. The number of aromatic nitrogens is 1. The van der Waals surface area contributed by atoms with Crippen LogP contribution in [0.1, 0.15) is 11.1 Å². The molecule has 0 radical (unpaired) electrons. The average molecular weight is 364 g/mol. The first kappa shape index (κ1) is 17.8. The van der Waals surface area contributed by atoms with Gasteiger partial charge in [0.15, 0.2) is 11.6 Å². The fraction of sp³-hybridized carbons (Fsp3) is 0.105. The highest BCUT2D eigenvalue weighted by Gasteiger charge is 2.33. The fourth-order valence-corrected chi connectivity index (χ4v) is 2.56. The van der Waals surface area contributed by atoms with E-state index < -0.39 is 23.4 Å². The van der Waals surface area contributed by atoms with Crippen molar-refractivity contribution in [1.82, 2.24) is 4.98 Å². The van der Waals surface area contributed by atoms with E-state index in [2.05, 4.69) is 10.3 Å². The van der Waals surface area contributed by atoms with Crippen molar-refractivity contribution in [2.75, 3.05) is 5.32 Å². The van der Waals surface area contributed by atoms with Crippen molar-refractivity contribution < 1.29 is 22.0 Å². The second-order valence-corrected chi connectivity index (χ2v) is 5.54. The molecule has 0 atom stereocenters. The van der Waals surface area contributed by atoms with Gasteiger partial charge < -0.3 is 5.32 Å². The molecule has 0 saturated carbocycles. The third-order valence-corrected chi connectivity index (χ3v) is 3.77. The Balaban J connectivity index is 1.93. The number of hydrogen-bond donors (Lipinski definition) is 1. The lowest BCUT2D eigenvalue weighted by atomic mass is 9.99. The first-order valence-corrected chi connectivity index (χ1v) is 7.65. The molecule has 7 heteroatoms. The van der Waals surface area contributed by atoms with E-state index >= 15 is 0 Å². The Labute approximate surface area is 146 Å². The van der Waals surface area contributed by atoms with Gasteiger partial charge in [-0.1, -0.05) is 24.3 Å². The maximum absolute atomic E-state index is 13.3. The second-order valence-electron chi connectivity index (χ2n) is 5.54. The summed E-state index contributed by atoms with van der Waals surface area (Å²) in [6, 6.07) is 11.6. The molecule has 2 aromatic carbocycles. The van der Waals surface area contributed by atoms with Crippen LogP contribution in [0.3, 0.4) is 0 Å². The Hall–Kier alpha value is -2.96. The van der Waals surface area contributed by atoms with Crippen LogP contribution in [-0.4, -0.2) is 4.98 Å². The molecule has 0 aliphatic heterocycles. The van der Waals surface area contributed by atoms with Gasteiger partial charge in [-0.2, -0.15) is 13.2 Å². The standard InChI is InChI=1S/C19H13F5N2/c20-16-8-7-12(10-17(16)21)11-26-18-14(5-3-9-25-18)13-4-1-2-6-15(13)19(22,23)24/h1-10H,11H2,(H,25,26). The van der Waals surface area contributed by atoms with Gasteiger partial charge in [-0.15, -0.1) is 0 Å². The van der Waals surface area contributed by atoms with Crippen molar-refractivity contribution in [2.24, 2.45) is 0 Å². The first-order chi connectivity index (χ1) is 12.4. The largest absolute Gasteiger partial charge is 0.417 e. The summed E-state index contributed by atoms with van der Waals surface area (Å²) in [7, 11) is 0. The number of rotatable bonds is 4. The fourth-order valence-electron chi connectivity index (χ4n) is 2.56. The molecular weight excluding hydrogens is 351 g/mol. The van der Waals surface area contributed by atoms with Gasteiger partial charge in [-0.05, 0) is 41.5 Å². The van der Waals surface area contributed by atoms with Crippen LogP contribution in [0.25, 0.3) is 11.1 Å². The summed E-state index contributed by atoms with van der Waals surface area (Å²) in [6.07, 6.45) is -3.07. The van der Waals surface area contributed by atoms with Crippen LogP contribution in [0.5, 0.6) is 0 Å². The van der Waals surface area contributed by atoms with E-state index in [0.29, 0.717) is 5.56 Å². The number of anilines is 1. The zero-order valence-electron chi connectivity index (χ0n) is 13.3. The Bertz CT molecular complexity index is 922. The molecule has 0 fully saturated rings. The zero-order chi connectivity index (χ0) is 18.7. The molecule has 26 heavy (non-hydrogen) atoms. The van der Waals surface area contributed by atoms with E-state index in [4.69, 9.17) is 0 Å². The molecule has 0 aliphatic rings. The molecule has 0 aliphatic carbocycles. The van der Waals surface area contributed by atoms with Gasteiger partial charge in [0.2, 0.25) is 0 Å². The summed E-state index contributed by atoms with van der Waals surface area (Å²) in [4.78, 5) is 4.09. The molecule has 0 saturated heterocycles. The van der Waals surface area contributed by atoms with Crippen molar-refractivity contribution in [1.29, 1.82) is 0 Å². The lowest BCUT2D eigenvalue weighted by Gasteiger charge is -2.16. The van der Waals surface area contributed by atoms with Gasteiger partial charge in [0.25, 0.3) is 0 Å². The van der Waals surface area contributed by atoms with E-state index in [-0.39, 0.29) is 23.5 Å². The maximum Gasteiger partial charge on any atom is 0.417 e. The quantitative estimate of drug-likeness (QED) is 0.605. The normalized spacial score (nSPS) is 11.4. The molecular formula is C19H13F5N2. The number of nitrogens with one attached hydrogen (secondary N) is 1. The van der Waals surface area contributed by atoms with Crippen LogP contribution in [0, 0.1) is 11.6 Å². The molecule has 0 bridgehead atoms. The molecule has 1 heterocycles. The summed E-state index contributed by atoms with van der Waals surface area (Å²) in [6.45, 7) is 0.0788. The van der Waals surface area contributed by atoms with Crippen LogP contribution in [0.4, 0.5) is 27.8 Å². The van der Waals surface area contributed by atoms with E-state index in [9.17, 15) is 22.0 Å². The topological polar surface area (TPSA) is 24.9 Å². The lowest BCUT2D eigenvalue weighted by molar-refractivity contribution is -0.137. The third kappa shape index (κ3) is 3.82. The van der Waals surface area contributed by atoms with Crippen LogP contribution in [-0.2, 0) is 12.7 Å². The summed E-state index contributed by atoms with van der Waals surface area (Å²) in [5, 5.41) is 2.89. The van der Waals surface area contributed by atoms with Crippen molar-refractivity contribution in [3.8, 4) is 11.1 Å². The van der Waals surface area contributed by atoms with E-state index in [1.165, 1.54) is 42.6 Å². The molecule has 3 rings (SSSR count). The van der Waals surface area contributed by atoms with Gasteiger partial charge >= 0.3 is 6.18 Å². The predicted octanol–water partition coefficient (Wildman–Crippen LogP) is 5.66. The Kier molecular flexibility index (Phi) is 4.88. The van der Waals surface area contributed by atoms with Crippen LogP contribution >= 0.6 is 0 Å². The first-order valence-electron chi connectivity index (χ1n) is 7.65. The van der Waals surface area contributed by atoms with E-state index in [1.807, 2.05) is 0 Å². The Morgan fingerprint density at radius 2 is 1.58 bits per heavy atom. The van der Waals surface area contributed by atoms with Crippen molar-refractivity contribution in [2.45, 2.75) is 12.7 Å². The van der Waals surface area contributed by atoms with Crippen molar-refractivity contribution in [3.05, 3.63) is 83.6 Å². The Morgan fingerprint density at radius 1 is 0.846 bits per heavy atom. The predicted molar refractivity (Wildman–Crippen MR) is 88.4 cm³/mol. The highest BCUT2D eigenvalue weighted by atomic mass is 19.4. The van der Waals surface area contributed by atoms with Gasteiger partial charge in [0.05, 0.1) is 5.56 Å². The average Bonchev–Trinajstić information content (AvgIpc) is 2.62. The minimum absolute atomic E-state index is 0.0131. The number of alkyl halides is 3. The minimum Gasteiger partial charge on any atom is -0.365 e. The van der Waals surface area contributed by atoms with Crippen LogP contribution in [0.15, 0.2) is 60.8 Å². The highest BCUT2D eigenvalue weighted by molar-refractivity contribution is 5.77. The number of hydrogen-bond acceptors (Lipinski definition) is 2. The van der Waals surface area contributed by atoms with Gasteiger partial charge in [-0.3, -0.25) is 0 Å². The lowest BCUT2D eigenvalue weighted by Crippen LogP contribution is -2.09. The third-order valence-electron chi connectivity index (χ3n) is 3.77. The van der Waals surface area contributed by atoms with Gasteiger partial charge in [0, 0.05) is 18.3 Å². The molecule has 0 spiro atoms. The Morgan fingerprint density at radius 3 is 2.31 bits per heavy atom. The summed E-state index contributed by atoms with van der Waals surface area (Å²) >= 11 is 0. The second kappa shape index (κ2) is 7.11. The van der Waals surface area contributed by atoms with E-state index in [1.54, 1.807) is 0 Å². The highest BCUT2D eigenvalue weighted by Crippen LogP contribution is 2.38. The summed E-state index contributed by atoms with van der Waals surface area (Å²) < 4.78 is 66.1. The monoisotopic (exact) mass is 364 g/mol. The minimum atomic E-state index is -4.51. The smallest absolute Gasteiger partial charge is 0.365 e. The number of nitrogens with zero attached hydrogens (tertiary/aromatic N) is 1. The van der Waals surface area contributed by atoms with Crippen molar-refractivity contribution in [3.63, 3.8) is 0 Å². The van der Waals surface area contributed by atoms with E-state index in [0.717, 1.165) is 18.2 Å². The maximum atomic E-state index is 13.3. The van der Waals surface area contributed by atoms with Crippen LogP contribution < -0.4 is 5.32 Å². The zero-order valence-corrected chi connectivity index (χ0v) is 13.3. The molecule has 0 amide bonds. The number of halogens is 5.